The van der Waals surface area contributed by atoms with E-state index in [2.05, 4.69) is 38.1 Å². The van der Waals surface area contributed by atoms with Crippen molar-refractivity contribution in [1.82, 2.24) is 9.97 Å². The molecule has 0 unspecified atom stereocenters. The summed E-state index contributed by atoms with van der Waals surface area (Å²) in [5, 5.41) is 3.32. The SMILES string of the molecule is Cc1c(Br)cccc1NCc1ncccn1. The fourth-order valence-electron chi connectivity index (χ4n) is 1.39. The summed E-state index contributed by atoms with van der Waals surface area (Å²) in [6.45, 7) is 2.70. The van der Waals surface area contributed by atoms with Gasteiger partial charge in [0.15, 0.2) is 0 Å². The Morgan fingerprint density at radius 2 is 1.94 bits per heavy atom. The summed E-state index contributed by atoms with van der Waals surface area (Å²) in [5.74, 6) is 0.793. The van der Waals surface area contributed by atoms with Crippen LogP contribution in [0.4, 0.5) is 5.69 Å². The third-order valence-electron chi connectivity index (χ3n) is 2.32. The fraction of sp³-hybridized carbons (Fsp3) is 0.167. The Morgan fingerprint density at radius 3 is 2.69 bits per heavy atom. The second-order valence-corrected chi connectivity index (χ2v) is 4.29. The summed E-state index contributed by atoms with van der Waals surface area (Å²) >= 11 is 3.50. The van der Waals surface area contributed by atoms with Crippen LogP contribution < -0.4 is 5.32 Å². The van der Waals surface area contributed by atoms with Crippen LogP contribution in [0.3, 0.4) is 0 Å². The molecule has 0 amide bonds. The third kappa shape index (κ3) is 2.58. The summed E-state index contributed by atoms with van der Waals surface area (Å²) < 4.78 is 1.10. The lowest BCUT2D eigenvalue weighted by molar-refractivity contribution is 0.946. The first-order valence-electron chi connectivity index (χ1n) is 5.02. The molecular weight excluding hydrogens is 266 g/mol. The van der Waals surface area contributed by atoms with E-state index in [1.807, 2.05) is 24.3 Å². The highest BCUT2D eigenvalue weighted by Gasteiger charge is 2.01. The van der Waals surface area contributed by atoms with Gasteiger partial charge in [0.2, 0.25) is 0 Å². The van der Waals surface area contributed by atoms with Crippen molar-refractivity contribution in [1.29, 1.82) is 0 Å². The number of halogens is 1. The molecule has 0 bridgehead atoms. The van der Waals surface area contributed by atoms with Gasteiger partial charge in [-0.15, -0.1) is 0 Å². The lowest BCUT2D eigenvalue weighted by Gasteiger charge is -2.09. The molecule has 1 N–H and O–H groups in total. The maximum Gasteiger partial charge on any atom is 0.147 e. The summed E-state index contributed by atoms with van der Waals surface area (Å²) in [4.78, 5) is 8.32. The molecule has 2 aromatic rings. The number of hydrogen-bond acceptors (Lipinski definition) is 3. The highest BCUT2D eigenvalue weighted by Crippen LogP contribution is 2.23. The molecule has 1 aromatic heterocycles. The first kappa shape index (κ1) is 11.1. The van der Waals surface area contributed by atoms with Crippen LogP contribution >= 0.6 is 15.9 Å². The van der Waals surface area contributed by atoms with Crippen molar-refractivity contribution in [2.45, 2.75) is 13.5 Å². The average Bonchev–Trinajstić information content (AvgIpc) is 2.32. The van der Waals surface area contributed by atoms with Crippen LogP contribution in [0, 0.1) is 6.92 Å². The molecule has 3 nitrogen and oxygen atoms in total. The highest BCUT2D eigenvalue weighted by atomic mass is 79.9. The molecule has 0 spiro atoms. The summed E-state index contributed by atoms with van der Waals surface area (Å²) in [6, 6.07) is 7.89. The topological polar surface area (TPSA) is 37.8 Å². The van der Waals surface area contributed by atoms with Crippen molar-refractivity contribution < 1.29 is 0 Å². The maximum absolute atomic E-state index is 4.16. The Balaban J connectivity index is 2.08. The van der Waals surface area contributed by atoms with E-state index in [1.165, 1.54) is 5.56 Å². The number of nitrogens with one attached hydrogen (secondary N) is 1. The minimum Gasteiger partial charge on any atom is -0.377 e. The summed E-state index contributed by atoms with van der Waals surface area (Å²) in [5.41, 5.74) is 2.29. The van der Waals surface area contributed by atoms with E-state index in [1.54, 1.807) is 12.4 Å². The van der Waals surface area contributed by atoms with Gasteiger partial charge < -0.3 is 5.32 Å². The van der Waals surface area contributed by atoms with Gasteiger partial charge in [-0.05, 0) is 30.7 Å². The molecule has 0 radical (unpaired) electrons. The van der Waals surface area contributed by atoms with E-state index in [0.717, 1.165) is 16.0 Å². The number of rotatable bonds is 3. The van der Waals surface area contributed by atoms with E-state index < -0.39 is 0 Å². The van der Waals surface area contributed by atoms with Crippen LogP contribution in [0.15, 0.2) is 41.1 Å². The number of anilines is 1. The number of aromatic nitrogens is 2. The van der Waals surface area contributed by atoms with E-state index in [4.69, 9.17) is 0 Å². The van der Waals surface area contributed by atoms with Crippen LogP contribution in [-0.2, 0) is 6.54 Å². The van der Waals surface area contributed by atoms with Gasteiger partial charge in [-0.25, -0.2) is 9.97 Å². The molecule has 4 heteroatoms. The molecule has 1 aromatic carbocycles. The molecule has 0 aliphatic rings. The third-order valence-corrected chi connectivity index (χ3v) is 3.18. The molecule has 82 valence electrons. The van der Waals surface area contributed by atoms with Gasteiger partial charge in [-0.3, -0.25) is 0 Å². The van der Waals surface area contributed by atoms with Crippen LogP contribution in [0.5, 0.6) is 0 Å². The summed E-state index contributed by atoms with van der Waals surface area (Å²) in [6.07, 6.45) is 3.50. The fourth-order valence-corrected chi connectivity index (χ4v) is 1.76. The molecule has 0 aliphatic carbocycles. The van der Waals surface area contributed by atoms with Gasteiger partial charge in [-0.1, -0.05) is 22.0 Å². The van der Waals surface area contributed by atoms with Crippen LogP contribution in [-0.4, -0.2) is 9.97 Å². The Labute approximate surface area is 103 Å². The molecule has 0 aliphatic heterocycles. The molecule has 0 saturated carbocycles. The Hall–Kier alpha value is -1.42. The van der Waals surface area contributed by atoms with Gasteiger partial charge in [0.05, 0.1) is 6.54 Å². The average molecular weight is 278 g/mol. The van der Waals surface area contributed by atoms with Crippen molar-refractivity contribution in [2.75, 3.05) is 5.32 Å². The standard InChI is InChI=1S/C12H12BrN3/c1-9-10(13)4-2-5-11(9)16-8-12-14-6-3-7-15-12/h2-7,16H,8H2,1H3. The predicted octanol–water partition coefficient (Wildman–Crippen LogP) is 3.16. The molecule has 0 atom stereocenters. The smallest absolute Gasteiger partial charge is 0.147 e. The van der Waals surface area contributed by atoms with Gasteiger partial charge in [0, 0.05) is 22.6 Å². The molecule has 2 rings (SSSR count). The Bertz CT molecular complexity index is 471. The minimum absolute atomic E-state index is 0.637. The minimum atomic E-state index is 0.637. The highest BCUT2D eigenvalue weighted by molar-refractivity contribution is 9.10. The van der Waals surface area contributed by atoms with E-state index in [0.29, 0.717) is 6.54 Å². The van der Waals surface area contributed by atoms with Crippen molar-refractivity contribution in [3.05, 3.63) is 52.5 Å². The van der Waals surface area contributed by atoms with Crippen LogP contribution in [0.25, 0.3) is 0 Å². The largest absolute Gasteiger partial charge is 0.377 e. The van der Waals surface area contributed by atoms with Gasteiger partial charge >= 0.3 is 0 Å². The molecule has 0 fully saturated rings. The van der Waals surface area contributed by atoms with Crippen LogP contribution in [0.2, 0.25) is 0 Å². The van der Waals surface area contributed by atoms with Gasteiger partial charge in [0.25, 0.3) is 0 Å². The Morgan fingerprint density at radius 1 is 1.19 bits per heavy atom. The Kier molecular flexibility index (Phi) is 3.51. The summed E-state index contributed by atoms with van der Waals surface area (Å²) in [7, 11) is 0. The van der Waals surface area contributed by atoms with Gasteiger partial charge in [-0.2, -0.15) is 0 Å². The number of hydrogen-bond donors (Lipinski definition) is 1. The van der Waals surface area contributed by atoms with Crippen molar-refractivity contribution in [3.63, 3.8) is 0 Å². The lowest BCUT2D eigenvalue weighted by atomic mass is 10.2. The van der Waals surface area contributed by atoms with Crippen LogP contribution in [0.1, 0.15) is 11.4 Å². The monoisotopic (exact) mass is 277 g/mol. The zero-order chi connectivity index (χ0) is 11.4. The zero-order valence-electron chi connectivity index (χ0n) is 8.94. The molecule has 16 heavy (non-hydrogen) atoms. The van der Waals surface area contributed by atoms with E-state index in [9.17, 15) is 0 Å². The van der Waals surface area contributed by atoms with Crippen molar-refractivity contribution in [3.8, 4) is 0 Å². The van der Waals surface area contributed by atoms with Gasteiger partial charge in [0.1, 0.15) is 5.82 Å². The van der Waals surface area contributed by atoms with Crippen molar-refractivity contribution in [2.24, 2.45) is 0 Å². The molecule has 1 heterocycles. The second-order valence-electron chi connectivity index (χ2n) is 3.43. The second kappa shape index (κ2) is 5.07. The number of nitrogens with zero attached hydrogens (tertiary/aromatic N) is 2. The first-order valence-corrected chi connectivity index (χ1v) is 5.81. The normalized spacial score (nSPS) is 10.1. The molecular formula is C12H12BrN3. The zero-order valence-corrected chi connectivity index (χ0v) is 10.5. The van der Waals surface area contributed by atoms with Crippen molar-refractivity contribution >= 4 is 21.6 Å². The predicted molar refractivity (Wildman–Crippen MR) is 68.2 cm³/mol. The molecule has 0 saturated heterocycles. The number of benzene rings is 1. The van der Waals surface area contributed by atoms with E-state index >= 15 is 0 Å². The first-order chi connectivity index (χ1) is 7.77. The maximum atomic E-state index is 4.16. The quantitative estimate of drug-likeness (QED) is 0.937. The van der Waals surface area contributed by atoms with E-state index in [-0.39, 0.29) is 0 Å². The lowest BCUT2D eigenvalue weighted by Crippen LogP contribution is -2.04.